The van der Waals surface area contributed by atoms with Crippen LogP contribution < -0.4 is 5.32 Å². The predicted molar refractivity (Wildman–Crippen MR) is 74.1 cm³/mol. The first-order valence-electron chi connectivity index (χ1n) is 6.02. The minimum atomic E-state index is -0.871. The minimum absolute atomic E-state index is 0.0264. The number of carbonyl (C=O) groups is 1. The summed E-state index contributed by atoms with van der Waals surface area (Å²) < 4.78 is 15.3. The van der Waals surface area contributed by atoms with E-state index >= 15 is 0 Å². The van der Waals surface area contributed by atoms with Crippen molar-refractivity contribution in [2.24, 2.45) is 7.05 Å². The maximum absolute atomic E-state index is 13.6. The van der Waals surface area contributed by atoms with Crippen molar-refractivity contribution in [2.45, 2.75) is 6.10 Å². The largest absolute Gasteiger partial charge is 0.385 e. The molecule has 0 radical (unpaired) electrons. The third kappa shape index (κ3) is 3.00. The van der Waals surface area contributed by atoms with E-state index in [1.165, 1.54) is 12.1 Å². The average molecular weight is 297 g/mol. The van der Waals surface area contributed by atoms with E-state index in [1.807, 2.05) is 0 Å². The molecule has 1 unspecified atom stereocenters. The molecule has 1 aromatic carbocycles. The summed E-state index contributed by atoms with van der Waals surface area (Å²) in [5.74, 6) is -1.34. The number of aromatic nitrogens is 1. The van der Waals surface area contributed by atoms with E-state index in [9.17, 15) is 14.3 Å². The van der Waals surface area contributed by atoms with Gasteiger partial charge >= 0.3 is 0 Å². The number of hydrogen-bond acceptors (Lipinski definition) is 2. The Bertz CT molecular complexity index is 607. The molecule has 0 aliphatic heterocycles. The van der Waals surface area contributed by atoms with Crippen LogP contribution in [0.15, 0.2) is 36.5 Å². The Balaban J connectivity index is 2.04. The summed E-state index contributed by atoms with van der Waals surface area (Å²) in [5, 5.41) is 12.5. The zero-order valence-electron chi connectivity index (χ0n) is 10.8. The van der Waals surface area contributed by atoms with Crippen LogP contribution in [0.2, 0.25) is 5.02 Å². The smallest absolute Gasteiger partial charge is 0.255 e. The second kappa shape index (κ2) is 6.07. The quantitative estimate of drug-likeness (QED) is 0.909. The van der Waals surface area contributed by atoms with Gasteiger partial charge in [-0.15, -0.1) is 0 Å². The lowest BCUT2D eigenvalue weighted by Gasteiger charge is -2.13. The molecule has 0 saturated carbocycles. The number of nitrogens with one attached hydrogen (secondary N) is 1. The van der Waals surface area contributed by atoms with Crippen LogP contribution in [0.25, 0.3) is 0 Å². The monoisotopic (exact) mass is 296 g/mol. The molecule has 6 heteroatoms. The first-order chi connectivity index (χ1) is 9.50. The van der Waals surface area contributed by atoms with E-state index in [-0.39, 0.29) is 17.1 Å². The molecule has 2 aromatic rings. The summed E-state index contributed by atoms with van der Waals surface area (Å²) in [4.78, 5) is 11.9. The lowest BCUT2D eigenvalue weighted by Crippen LogP contribution is -2.29. The van der Waals surface area contributed by atoms with Crippen LogP contribution in [0.4, 0.5) is 4.39 Å². The molecule has 1 heterocycles. The normalized spacial score (nSPS) is 12.2. The van der Waals surface area contributed by atoms with Gasteiger partial charge in [0, 0.05) is 25.5 Å². The van der Waals surface area contributed by atoms with E-state index < -0.39 is 17.8 Å². The van der Waals surface area contributed by atoms with Crippen LogP contribution in [0, 0.1) is 5.82 Å². The number of aryl methyl sites for hydroxylation is 1. The highest BCUT2D eigenvalue weighted by Gasteiger charge is 2.17. The second-order valence-electron chi connectivity index (χ2n) is 4.37. The van der Waals surface area contributed by atoms with Gasteiger partial charge in [0.2, 0.25) is 0 Å². The van der Waals surface area contributed by atoms with Gasteiger partial charge in [-0.05, 0) is 24.3 Å². The van der Waals surface area contributed by atoms with Gasteiger partial charge in [0.15, 0.2) is 0 Å². The van der Waals surface area contributed by atoms with Crippen molar-refractivity contribution in [3.8, 4) is 0 Å². The fraction of sp³-hybridized carbons (Fsp3) is 0.214. The average Bonchev–Trinajstić information content (AvgIpc) is 2.82. The molecule has 1 atom stereocenters. The second-order valence-corrected chi connectivity index (χ2v) is 4.77. The van der Waals surface area contributed by atoms with Gasteiger partial charge in [0.1, 0.15) is 11.9 Å². The summed E-state index contributed by atoms with van der Waals surface area (Å²) in [7, 11) is 1.79. The topological polar surface area (TPSA) is 54.3 Å². The first-order valence-corrected chi connectivity index (χ1v) is 6.40. The van der Waals surface area contributed by atoms with Gasteiger partial charge in [0.05, 0.1) is 10.6 Å². The van der Waals surface area contributed by atoms with Crippen LogP contribution in [-0.4, -0.2) is 22.1 Å². The number of carbonyl (C=O) groups excluding carboxylic acids is 1. The molecule has 20 heavy (non-hydrogen) atoms. The number of aliphatic hydroxyl groups is 1. The Morgan fingerprint density at radius 1 is 1.45 bits per heavy atom. The van der Waals surface area contributed by atoms with E-state index in [2.05, 4.69) is 5.32 Å². The highest BCUT2D eigenvalue weighted by atomic mass is 35.5. The Hall–Kier alpha value is -1.85. The van der Waals surface area contributed by atoms with Crippen molar-refractivity contribution in [1.29, 1.82) is 0 Å². The first kappa shape index (κ1) is 14.6. The molecule has 0 fully saturated rings. The summed E-state index contributed by atoms with van der Waals surface area (Å²) in [6.07, 6.45) is 0.915. The van der Waals surface area contributed by atoms with Gasteiger partial charge in [-0.25, -0.2) is 4.39 Å². The molecular formula is C14H14ClFN2O2. The molecular weight excluding hydrogens is 283 g/mol. The molecule has 1 amide bonds. The summed E-state index contributed by atoms with van der Waals surface area (Å²) in [6.45, 7) is -0.0264. The molecule has 2 N–H and O–H groups in total. The Morgan fingerprint density at radius 2 is 2.20 bits per heavy atom. The summed E-state index contributed by atoms with van der Waals surface area (Å²) >= 11 is 5.80. The zero-order valence-corrected chi connectivity index (χ0v) is 11.6. The number of halogens is 2. The standard InChI is InChI=1S/C14H14ClFN2O2/c1-18-7-3-6-11(18)12(19)8-17-14(20)13-9(15)4-2-5-10(13)16/h2-7,12,19H,8H2,1H3,(H,17,20). The lowest BCUT2D eigenvalue weighted by molar-refractivity contribution is 0.0908. The molecule has 4 nitrogen and oxygen atoms in total. The number of aliphatic hydroxyl groups excluding tert-OH is 1. The van der Waals surface area contributed by atoms with Crippen molar-refractivity contribution in [3.05, 3.63) is 58.6 Å². The van der Waals surface area contributed by atoms with Gasteiger partial charge in [-0.2, -0.15) is 0 Å². The maximum Gasteiger partial charge on any atom is 0.255 e. The SMILES string of the molecule is Cn1cccc1C(O)CNC(=O)c1c(F)cccc1Cl. The van der Waals surface area contributed by atoms with E-state index in [4.69, 9.17) is 11.6 Å². The van der Waals surface area contributed by atoms with Gasteiger partial charge < -0.3 is 15.0 Å². The van der Waals surface area contributed by atoms with Crippen molar-refractivity contribution in [1.82, 2.24) is 9.88 Å². The zero-order chi connectivity index (χ0) is 14.7. The van der Waals surface area contributed by atoms with Crippen LogP contribution in [0.3, 0.4) is 0 Å². The number of nitrogens with zero attached hydrogens (tertiary/aromatic N) is 1. The molecule has 0 spiro atoms. The molecule has 1 aromatic heterocycles. The summed E-state index contributed by atoms with van der Waals surface area (Å²) in [6, 6.07) is 7.55. The van der Waals surface area contributed by atoms with Crippen molar-refractivity contribution >= 4 is 17.5 Å². The molecule has 2 rings (SSSR count). The van der Waals surface area contributed by atoms with Crippen molar-refractivity contribution in [3.63, 3.8) is 0 Å². The highest BCUT2D eigenvalue weighted by Crippen LogP contribution is 2.19. The molecule has 0 bridgehead atoms. The van der Waals surface area contributed by atoms with Crippen LogP contribution in [0.1, 0.15) is 22.2 Å². The summed E-state index contributed by atoms with van der Waals surface area (Å²) in [5.41, 5.74) is 0.443. The van der Waals surface area contributed by atoms with E-state index in [0.717, 1.165) is 6.07 Å². The predicted octanol–water partition coefficient (Wildman–Crippen LogP) is 2.28. The van der Waals surface area contributed by atoms with E-state index in [1.54, 1.807) is 29.9 Å². The number of benzene rings is 1. The lowest BCUT2D eigenvalue weighted by atomic mass is 10.2. The van der Waals surface area contributed by atoms with E-state index in [0.29, 0.717) is 5.69 Å². The maximum atomic E-state index is 13.6. The molecule has 0 aliphatic carbocycles. The number of hydrogen-bond donors (Lipinski definition) is 2. The number of amides is 1. The Labute approximate surface area is 120 Å². The highest BCUT2D eigenvalue weighted by molar-refractivity contribution is 6.33. The Morgan fingerprint density at radius 3 is 2.80 bits per heavy atom. The van der Waals surface area contributed by atoms with Gasteiger partial charge in [-0.3, -0.25) is 4.79 Å². The van der Waals surface area contributed by atoms with Crippen LogP contribution in [-0.2, 0) is 7.05 Å². The van der Waals surface area contributed by atoms with Gasteiger partial charge in [0.25, 0.3) is 5.91 Å². The van der Waals surface area contributed by atoms with Crippen molar-refractivity contribution < 1.29 is 14.3 Å². The molecule has 0 saturated heterocycles. The molecule has 106 valence electrons. The minimum Gasteiger partial charge on any atom is -0.385 e. The fourth-order valence-electron chi connectivity index (χ4n) is 1.92. The third-order valence-electron chi connectivity index (χ3n) is 2.97. The van der Waals surface area contributed by atoms with Gasteiger partial charge in [-0.1, -0.05) is 17.7 Å². The Kier molecular flexibility index (Phi) is 4.42. The fourth-order valence-corrected chi connectivity index (χ4v) is 2.17. The van der Waals surface area contributed by atoms with Crippen LogP contribution >= 0.6 is 11.6 Å². The molecule has 0 aliphatic rings. The van der Waals surface area contributed by atoms with Crippen molar-refractivity contribution in [2.75, 3.05) is 6.54 Å². The van der Waals surface area contributed by atoms with Crippen LogP contribution in [0.5, 0.6) is 0 Å². The third-order valence-corrected chi connectivity index (χ3v) is 3.29. The number of rotatable bonds is 4.